The maximum absolute atomic E-state index is 2.27. The van der Waals surface area contributed by atoms with Crippen molar-refractivity contribution in [3.8, 4) is 0 Å². The van der Waals surface area contributed by atoms with E-state index in [0.29, 0.717) is 5.41 Å². The Hall–Kier alpha value is 0.133. The third kappa shape index (κ3) is 2.88. The van der Waals surface area contributed by atoms with Crippen molar-refractivity contribution >= 4 is 4.16 Å². The Kier molecular flexibility index (Phi) is 4.44. The smallest absolute Gasteiger partial charge is 1.00 e. The number of hydrogen-bond acceptors (Lipinski definition) is 0. The molecule has 62 valence electrons. The molecule has 0 nitrogen and oxygen atoms in total. The first-order valence-corrected chi connectivity index (χ1v) is 5.41. The van der Waals surface area contributed by atoms with Gasteiger partial charge in [-0.2, -0.15) is 0 Å². The molecule has 0 aliphatic rings. The number of hydrogen-bond donors (Lipinski definition) is 0. The van der Waals surface area contributed by atoms with Crippen LogP contribution in [0.5, 0.6) is 0 Å². The fourth-order valence-corrected chi connectivity index (χ4v) is 2.90. The summed E-state index contributed by atoms with van der Waals surface area (Å²) in [6.45, 7) is 6.80. The van der Waals surface area contributed by atoms with Crippen LogP contribution in [0.2, 0.25) is 0 Å². The Balaban J connectivity index is 0.00000121. The molecule has 0 N–H and O–H groups in total. The molecule has 0 amide bonds. The minimum absolute atomic E-state index is 0. The third-order valence-corrected chi connectivity index (χ3v) is 3.12. The van der Waals surface area contributed by atoms with Gasteiger partial charge in [0.25, 0.3) is 0 Å². The first-order valence-electron chi connectivity index (χ1n) is 3.93. The molecule has 0 unspecified atom stereocenters. The molecule has 0 aliphatic carbocycles. The predicted molar refractivity (Wildman–Crippen MR) is 44.8 cm³/mol. The normalized spacial score (nSPS) is 10.8. The molecule has 1 rings (SSSR count). The summed E-state index contributed by atoms with van der Waals surface area (Å²) < 4.78 is 1.51. The van der Waals surface area contributed by atoms with Crippen molar-refractivity contribution in [1.29, 1.82) is 0 Å². The minimum atomic E-state index is 0. The second kappa shape index (κ2) is 4.39. The number of halogens is 1. The van der Waals surface area contributed by atoms with Crippen LogP contribution < -0.4 is 16.6 Å². The van der Waals surface area contributed by atoms with Gasteiger partial charge in [0.05, 0.1) is 0 Å². The molecule has 0 spiro atoms. The quantitative estimate of drug-likeness (QED) is 0.513. The average molecular weight is 234 g/mol. The molecular weight excluding hydrogens is 221 g/mol. The third-order valence-electron chi connectivity index (χ3n) is 1.83. The molecule has 1 aromatic rings. The van der Waals surface area contributed by atoms with Gasteiger partial charge >= 0.3 is 78.5 Å². The molecule has 0 heterocycles. The van der Waals surface area contributed by atoms with E-state index in [9.17, 15) is 0 Å². The van der Waals surface area contributed by atoms with Crippen molar-refractivity contribution in [3.63, 3.8) is 0 Å². The van der Waals surface area contributed by atoms with E-state index in [4.69, 9.17) is 0 Å². The average Bonchev–Trinajstić information content (AvgIpc) is 1.86. The summed E-state index contributed by atoms with van der Waals surface area (Å²) in [5.74, 6) is 0. The van der Waals surface area contributed by atoms with Crippen LogP contribution in [0, 0.1) is 0 Å². The zero-order valence-corrected chi connectivity index (χ0v) is 11.6. The first kappa shape index (κ1) is 12.1. The van der Waals surface area contributed by atoms with Gasteiger partial charge in [-0.25, -0.2) is 0 Å². The van der Waals surface area contributed by atoms with Crippen LogP contribution >= 0.6 is 0 Å². The maximum Gasteiger partial charge on any atom is -1.00 e. The van der Waals surface area contributed by atoms with Gasteiger partial charge in [0.2, 0.25) is 0 Å². The largest absolute Gasteiger partial charge is 1.00 e. The fourth-order valence-electron chi connectivity index (χ4n) is 1.25. The second-order valence-electron chi connectivity index (χ2n) is 3.91. The van der Waals surface area contributed by atoms with E-state index in [0.717, 1.165) is 0 Å². The summed E-state index contributed by atoms with van der Waals surface area (Å²) >= 11 is 1.26. The molecule has 2 heteroatoms. The molecule has 12 heavy (non-hydrogen) atoms. The molecule has 0 saturated heterocycles. The summed E-state index contributed by atoms with van der Waals surface area (Å²) in [6, 6.07) is 8.70. The molecule has 0 atom stereocenters. The standard InChI is InChI=1S/C10H13.ClH.Zn/c1-10(2,3)9-7-5-4-6-8-9;;/h4-7H,1-3H3;1H;/q;;+1/p-1. The van der Waals surface area contributed by atoms with Crippen LogP contribution in [0.4, 0.5) is 0 Å². The van der Waals surface area contributed by atoms with Crippen molar-refractivity contribution in [2.45, 2.75) is 26.2 Å². The zero-order chi connectivity index (χ0) is 8.48. The molecule has 0 fully saturated rings. The molecule has 1 aromatic carbocycles. The van der Waals surface area contributed by atoms with Crippen molar-refractivity contribution in [3.05, 3.63) is 29.8 Å². The van der Waals surface area contributed by atoms with E-state index >= 15 is 0 Å². The van der Waals surface area contributed by atoms with Crippen LogP contribution in [0.25, 0.3) is 0 Å². The van der Waals surface area contributed by atoms with Crippen molar-refractivity contribution in [2.24, 2.45) is 0 Å². The van der Waals surface area contributed by atoms with E-state index in [1.54, 1.807) is 0 Å². The summed E-state index contributed by atoms with van der Waals surface area (Å²) in [7, 11) is 0. The Labute approximate surface area is 90.8 Å². The van der Waals surface area contributed by atoms with Crippen LogP contribution in [-0.2, 0) is 23.7 Å². The van der Waals surface area contributed by atoms with Crippen LogP contribution in [0.3, 0.4) is 0 Å². The molecule has 0 bridgehead atoms. The fraction of sp³-hybridized carbons (Fsp3) is 0.400. The molecule has 0 radical (unpaired) electrons. The van der Waals surface area contributed by atoms with Gasteiger partial charge in [0.15, 0.2) is 0 Å². The Bertz CT molecular complexity index is 250. The van der Waals surface area contributed by atoms with E-state index in [1.165, 1.54) is 28.0 Å². The van der Waals surface area contributed by atoms with Crippen LogP contribution in [0.1, 0.15) is 26.3 Å². The predicted octanol–water partition coefficient (Wildman–Crippen LogP) is -0.840. The monoisotopic (exact) mass is 232 g/mol. The van der Waals surface area contributed by atoms with Crippen LogP contribution in [-0.4, -0.2) is 0 Å². The topological polar surface area (TPSA) is 0 Å². The number of benzene rings is 1. The molecule has 0 aliphatic heterocycles. The number of rotatable bonds is 0. The first-order chi connectivity index (χ1) is 5.02. The molecule has 0 aromatic heterocycles. The van der Waals surface area contributed by atoms with Gasteiger partial charge in [0, 0.05) is 0 Å². The van der Waals surface area contributed by atoms with Crippen molar-refractivity contribution < 1.29 is 30.7 Å². The van der Waals surface area contributed by atoms with Gasteiger partial charge in [0.1, 0.15) is 0 Å². The maximum atomic E-state index is 2.27. The summed E-state index contributed by atoms with van der Waals surface area (Å²) in [6.07, 6.45) is 0. The summed E-state index contributed by atoms with van der Waals surface area (Å²) in [4.78, 5) is 0. The van der Waals surface area contributed by atoms with Crippen LogP contribution in [0.15, 0.2) is 24.3 Å². The summed E-state index contributed by atoms with van der Waals surface area (Å²) in [5, 5.41) is 0. The van der Waals surface area contributed by atoms with E-state index in [2.05, 4.69) is 45.0 Å². The Morgan fingerprint density at radius 3 is 1.92 bits per heavy atom. The van der Waals surface area contributed by atoms with E-state index < -0.39 is 0 Å². The van der Waals surface area contributed by atoms with Gasteiger partial charge in [-0.15, -0.1) is 0 Å². The zero-order valence-electron chi connectivity index (χ0n) is 7.89. The van der Waals surface area contributed by atoms with Gasteiger partial charge in [-0.05, 0) is 0 Å². The van der Waals surface area contributed by atoms with Gasteiger partial charge in [-0.3, -0.25) is 0 Å². The minimum Gasteiger partial charge on any atom is -1.00 e. The Morgan fingerprint density at radius 1 is 1.08 bits per heavy atom. The second-order valence-corrected chi connectivity index (χ2v) is 5.51. The van der Waals surface area contributed by atoms with Crippen molar-refractivity contribution in [1.82, 2.24) is 0 Å². The van der Waals surface area contributed by atoms with Gasteiger partial charge < -0.3 is 12.4 Å². The molecule has 0 saturated carbocycles. The van der Waals surface area contributed by atoms with E-state index in [1.807, 2.05) is 0 Å². The van der Waals surface area contributed by atoms with Crippen molar-refractivity contribution in [2.75, 3.05) is 0 Å². The van der Waals surface area contributed by atoms with E-state index in [-0.39, 0.29) is 12.4 Å². The summed E-state index contributed by atoms with van der Waals surface area (Å²) in [5.41, 5.74) is 1.81. The van der Waals surface area contributed by atoms with Gasteiger partial charge in [-0.1, -0.05) is 0 Å². The SMILES string of the molecule is CC(C)(C)c1cccc[c]1[Zn+].[Cl-]. The molecular formula is C10H13ClZn. The Morgan fingerprint density at radius 2 is 1.58 bits per heavy atom.